The van der Waals surface area contributed by atoms with Crippen LogP contribution in [0.1, 0.15) is 10.4 Å². The van der Waals surface area contributed by atoms with E-state index in [2.05, 4.69) is 15.0 Å². The molecular formula is C23H19N3O4S2. The second-order valence-electron chi connectivity index (χ2n) is 6.71. The van der Waals surface area contributed by atoms with E-state index >= 15 is 0 Å². The number of amides is 1. The number of hydrogen-bond donors (Lipinski definition) is 2. The van der Waals surface area contributed by atoms with Gasteiger partial charge in [-0.05, 0) is 42.5 Å². The number of hydrogen-bond acceptors (Lipinski definition) is 6. The van der Waals surface area contributed by atoms with Crippen molar-refractivity contribution in [3.8, 4) is 16.3 Å². The fraction of sp³-hybridized carbons (Fsp3) is 0.0435. The van der Waals surface area contributed by atoms with E-state index in [9.17, 15) is 13.2 Å². The number of para-hydroxylation sites is 2. The lowest BCUT2D eigenvalue weighted by molar-refractivity contribution is 0.102. The van der Waals surface area contributed by atoms with E-state index in [0.29, 0.717) is 17.1 Å². The highest BCUT2D eigenvalue weighted by molar-refractivity contribution is 7.92. The zero-order chi connectivity index (χ0) is 22.6. The van der Waals surface area contributed by atoms with Gasteiger partial charge in [-0.15, -0.1) is 11.3 Å². The summed E-state index contributed by atoms with van der Waals surface area (Å²) in [6, 6.07) is 19.9. The van der Waals surface area contributed by atoms with Gasteiger partial charge in [0.2, 0.25) is 0 Å². The Morgan fingerprint density at radius 2 is 1.81 bits per heavy atom. The number of thiazole rings is 1. The monoisotopic (exact) mass is 465 g/mol. The van der Waals surface area contributed by atoms with E-state index in [1.807, 2.05) is 23.6 Å². The number of carbonyl (C=O) groups excluding carboxylic acids is 1. The molecule has 4 rings (SSSR count). The van der Waals surface area contributed by atoms with Gasteiger partial charge in [0.05, 0.1) is 17.7 Å². The Morgan fingerprint density at radius 3 is 2.59 bits per heavy atom. The maximum Gasteiger partial charge on any atom is 0.262 e. The number of anilines is 2. The first kappa shape index (κ1) is 21.5. The lowest BCUT2D eigenvalue weighted by atomic mass is 10.2. The lowest BCUT2D eigenvalue weighted by Gasteiger charge is -2.12. The normalized spacial score (nSPS) is 11.0. The first-order valence-electron chi connectivity index (χ1n) is 9.53. The summed E-state index contributed by atoms with van der Waals surface area (Å²) in [5.74, 6) is -0.0271. The molecule has 0 atom stereocenters. The van der Waals surface area contributed by atoms with Crippen LogP contribution in [0.2, 0.25) is 0 Å². The molecule has 0 aliphatic rings. The van der Waals surface area contributed by atoms with Crippen molar-refractivity contribution >= 4 is 38.6 Å². The molecule has 1 heterocycles. The molecule has 0 bridgehead atoms. The molecule has 0 fully saturated rings. The third kappa shape index (κ3) is 4.79. The number of methoxy groups -OCH3 is 1. The maximum absolute atomic E-state index is 12.9. The minimum atomic E-state index is -3.93. The van der Waals surface area contributed by atoms with Crippen molar-refractivity contribution in [2.24, 2.45) is 0 Å². The lowest BCUT2D eigenvalue weighted by Crippen LogP contribution is -2.16. The maximum atomic E-state index is 12.9. The van der Waals surface area contributed by atoms with E-state index < -0.39 is 15.9 Å². The highest BCUT2D eigenvalue weighted by Gasteiger charge is 2.18. The Labute approximate surface area is 189 Å². The number of benzene rings is 3. The Bertz CT molecular complexity index is 1350. The Balaban J connectivity index is 1.55. The third-order valence-corrected chi connectivity index (χ3v) is 6.74. The summed E-state index contributed by atoms with van der Waals surface area (Å²) in [4.78, 5) is 17.0. The van der Waals surface area contributed by atoms with Crippen LogP contribution in [0.15, 0.2) is 89.3 Å². The molecule has 162 valence electrons. The van der Waals surface area contributed by atoms with Crippen LogP contribution < -0.4 is 14.8 Å². The third-order valence-electron chi connectivity index (χ3n) is 4.56. The first-order valence-corrected chi connectivity index (χ1v) is 11.9. The molecule has 0 unspecified atom stereocenters. The summed E-state index contributed by atoms with van der Waals surface area (Å²) in [7, 11) is -2.47. The number of ether oxygens (including phenoxy) is 1. The predicted octanol–water partition coefficient (Wildman–Crippen LogP) is 4.87. The van der Waals surface area contributed by atoms with Crippen molar-refractivity contribution in [1.82, 2.24) is 4.98 Å². The van der Waals surface area contributed by atoms with E-state index in [1.165, 1.54) is 36.6 Å². The SMILES string of the molecule is COc1ccccc1NS(=O)(=O)c1cccc(C(=O)Nc2cccc(-c3nccs3)c2)c1. The zero-order valence-corrected chi connectivity index (χ0v) is 18.6. The standard InChI is InChI=1S/C23H19N3O4S2/c1-30-21-11-3-2-10-20(21)26-32(28,29)19-9-5-6-16(15-19)22(27)25-18-8-4-7-17(14-18)23-24-12-13-31-23/h2-15,26H,1H3,(H,25,27). The highest BCUT2D eigenvalue weighted by Crippen LogP contribution is 2.27. The molecule has 3 aromatic carbocycles. The Kier molecular flexibility index (Phi) is 6.20. The molecule has 1 amide bonds. The number of carbonyl (C=O) groups is 1. The van der Waals surface area contributed by atoms with Crippen molar-refractivity contribution in [1.29, 1.82) is 0 Å². The zero-order valence-electron chi connectivity index (χ0n) is 17.0. The number of sulfonamides is 1. The number of rotatable bonds is 7. The molecule has 0 radical (unpaired) electrons. The average Bonchev–Trinajstić information content (AvgIpc) is 3.35. The van der Waals surface area contributed by atoms with Crippen molar-refractivity contribution in [3.63, 3.8) is 0 Å². The molecular weight excluding hydrogens is 446 g/mol. The van der Waals surface area contributed by atoms with Crippen LogP contribution in [0.5, 0.6) is 5.75 Å². The highest BCUT2D eigenvalue weighted by atomic mass is 32.2. The quantitative estimate of drug-likeness (QED) is 0.406. The van der Waals surface area contributed by atoms with E-state index in [0.717, 1.165) is 10.6 Å². The van der Waals surface area contributed by atoms with Gasteiger partial charge >= 0.3 is 0 Å². The summed E-state index contributed by atoms with van der Waals surface area (Å²) in [6.45, 7) is 0. The van der Waals surface area contributed by atoms with Crippen molar-refractivity contribution in [3.05, 3.63) is 89.9 Å². The fourth-order valence-electron chi connectivity index (χ4n) is 3.04. The summed E-state index contributed by atoms with van der Waals surface area (Å²) in [5, 5.41) is 5.53. The van der Waals surface area contributed by atoms with Crippen LogP contribution in [0.3, 0.4) is 0 Å². The second-order valence-corrected chi connectivity index (χ2v) is 9.28. The summed E-state index contributed by atoms with van der Waals surface area (Å²) in [6.07, 6.45) is 1.72. The molecule has 1 aromatic heterocycles. The van der Waals surface area contributed by atoms with Crippen LogP contribution in [0.25, 0.3) is 10.6 Å². The molecule has 2 N–H and O–H groups in total. The Morgan fingerprint density at radius 1 is 1.00 bits per heavy atom. The van der Waals surface area contributed by atoms with Crippen LogP contribution in [-0.4, -0.2) is 26.4 Å². The topological polar surface area (TPSA) is 97.4 Å². The average molecular weight is 466 g/mol. The number of nitrogens with zero attached hydrogens (tertiary/aromatic N) is 1. The molecule has 9 heteroatoms. The van der Waals surface area contributed by atoms with Gasteiger partial charge in [0, 0.05) is 28.4 Å². The van der Waals surface area contributed by atoms with Crippen LogP contribution >= 0.6 is 11.3 Å². The summed E-state index contributed by atoms with van der Waals surface area (Å²) >= 11 is 1.50. The second kappa shape index (κ2) is 9.21. The van der Waals surface area contributed by atoms with Crippen molar-refractivity contribution < 1.29 is 17.9 Å². The van der Waals surface area contributed by atoms with Gasteiger partial charge < -0.3 is 10.1 Å². The summed E-state index contributed by atoms with van der Waals surface area (Å²) in [5.41, 5.74) is 2.00. The minimum Gasteiger partial charge on any atom is -0.495 e. The number of aromatic nitrogens is 1. The summed E-state index contributed by atoms with van der Waals surface area (Å²) < 4.78 is 33.4. The van der Waals surface area contributed by atoms with Gasteiger partial charge in [-0.25, -0.2) is 13.4 Å². The minimum absolute atomic E-state index is 0.0346. The van der Waals surface area contributed by atoms with Crippen molar-refractivity contribution in [2.75, 3.05) is 17.1 Å². The van der Waals surface area contributed by atoms with Crippen LogP contribution in [0, 0.1) is 0 Å². The van der Waals surface area contributed by atoms with Gasteiger partial charge in [0.25, 0.3) is 15.9 Å². The van der Waals surface area contributed by atoms with Crippen LogP contribution in [0.4, 0.5) is 11.4 Å². The fourth-order valence-corrected chi connectivity index (χ4v) is 4.79. The van der Waals surface area contributed by atoms with Gasteiger partial charge in [0.1, 0.15) is 10.8 Å². The molecule has 4 aromatic rings. The number of nitrogens with one attached hydrogen (secondary N) is 2. The van der Waals surface area contributed by atoms with Crippen LogP contribution in [-0.2, 0) is 10.0 Å². The molecule has 0 spiro atoms. The van der Waals surface area contributed by atoms with E-state index in [1.54, 1.807) is 42.6 Å². The van der Waals surface area contributed by atoms with E-state index in [4.69, 9.17) is 4.74 Å². The molecule has 7 nitrogen and oxygen atoms in total. The first-order chi connectivity index (χ1) is 15.5. The largest absolute Gasteiger partial charge is 0.495 e. The van der Waals surface area contributed by atoms with Gasteiger partial charge in [0.15, 0.2) is 0 Å². The molecule has 0 aliphatic carbocycles. The Hall–Kier alpha value is -3.69. The van der Waals surface area contributed by atoms with Gasteiger partial charge in [-0.2, -0.15) is 0 Å². The predicted molar refractivity (Wildman–Crippen MR) is 126 cm³/mol. The van der Waals surface area contributed by atoms with E-state index in [-0.39, 0.29) is 10.5 Å². The van der Waals surface area contributed by atoms with Gasteiger partial charge in [-0.3, -0.25) is 9.52 Å². The molecule has 0 aliphatic heterocycles. The molecule has 0 saturated carbocycles. The smallest absolute Gasteiger partial charge is 0.262 e. The van der Waals surface area contributed by atoms with Gasteiger partial charge in [-0.1, -0.05) is 30.3 Å². The van der Waals surface area contributed by atoms with Crippen molar-refractivity contribution in [2.45, 2.75) is 4.90 Å². The molecule has 0 saturated heterocycles. The molecule has 32 heavy (non-hydrogen) atoms.